The summed E-state index contributed by atoms with van der Waals surface area (Å²) in [4.78, 5) is 20.2. The van der Waals surface area contributed by atoms with Gasteiger partial charge in [0.05, 0.1) is 30.3 Å². The highest BCUT2D eigenvalue weighted by molar-refractivity contribution is 5.76. The molecule has 1 aromatic carbocycles. The van der Waals surface area contributed by atoms with E-state index in [0.717, 1.165) is 36.3 Å². The molecule has 0 radical (unpaired) electrons. The highest BCUT2D eigenvalue weighted by Gasteiger charge is 2.21. The molecule has 0 spiro atoms. The van der Waals surface area contributed by atoms with Gasteiger partial charge in [0.1, 0.15) is 5.82 Å². The lowest BCUT2D eigenvalue weighted by Gasteiger charge is -2.21. The van der Waals surface area contributed by atoms with Crippen LogP contribution in [0.4, 0.5) is 4.79 Å². The van der Waals surface area contributed by atoms with Gasteiger partial charge in [0.15, 0.2) is 0 Å². The predicted molar refractivity (Wildman–Crippen MR) is 98.3 cm³/mol. The van der Waals surface area contributed by atoms with Gasteiger partial charge >= 0.3 is 6.03 Å². The predicted octanol–water partition coefficient (Wildman–Crippen LogP) is 3.30. The molecule has 1 atom stereocenters. The first kappa shape index (κ1) is 17.5. The second kappa shape index (κ2) is 8.16. The topological polar surface area (TPSA) is 79.0 Å². The number of nitrogens with one attached hydrogen (secondary N) is 3. The Morgan fingerprint density at radius 1 is 1.36 bits per heavy atom. The molecule has 2 amide bonds. The highest BCUT2D eigenvalue weighted by atomic mass is 16.5. The Bertz CT molecular complexity index is 718. The van der Waals surface area contributed by atoms with Gasteiger partial charge in [0, 0.05) is 6.54 Å². The second-order valence-electron chi connectivity index (χ2n) is 6.70. The number of benzene rings is 1. The van der Waals surface area contributed by atoms with E-state index in [9.17, 15) is 4.79 Å². The number of para-hydroxylation sites is 2. The van der Waals surface area contributed by atoms with Crippen LogP contribution in [-0.4, -0.2) is 35.8 Å². The summed E-state index contributed by atoms with van der Waals surface area (Å²) in [6, 6.07) is 7.57. The first-order chi connectivity index (χ1) is 12.1. The number of urea groups is 1. The van der Waals surface area contributed by atoms with E-state index in [2.05, 4.69) is 40.5 Å². The van der Waals surface area contributed by atoms with E-state index in [1.54, 1.807) is 0 Å². The van der Waals surface area contributed by atoms with Gasteiger partial charge in [-0.25, -0.2) is 9.78 Å². The van der Waals surface area contributed by atoms with Crippen molar-refractivity contribution >= 4 is 17.1 Å². The largest absolute Gasteiger partial charge is 0.377 e. The first-order valence-corrected chi connectivity index (χ1v) is 8.88. The van der Waals surface area contributed by atoms with Crippen LogP contribution in [0.3, 0.4) is 0 Å². The zero-order valence-corrected chi connectivity index (χ0v) is 14.8. The van der Waals surface area contributed by atoms with Gasteiger partial charge in [-0.15, -0.1) is 0 Å². The van der Waals surface area contributed by atoms with Gasteiger partial charge in [0.25, 0.3) is 0 Å². The van der Waals surface area contributed by atoms with E-state index in [0.29, 0.717) is 13.2 Å². The molecule has 0 saturated heterocycles. The van der Waals surface area contributed by atoms with E-state index >= 15 is 0 Å². The van der Waals surface area contributed by atoms with Crippen molar-refractivity contribution in [2.45, 2.75) is 32.7 Å². The zero-order chi connectivity index (χ0) is 17.6. The van der Waals surface area contributed by atoms with Crippen molar-refractivity contribution in [1.29, 1.82) is 0 Å². The fourth-order valence-electron chi connectivity index (χ4n) is 2.99. The second-order valence-corrected chi connectivity index (χ2v) is 6.70. The maximum absolute atomic E-state index is 12.3. The summed E-state index contributed by atoms with van der Waals surface area (Å²) in [6.07, 6.45) is 3.93. The molecule has 1 aliphatic rings. The summed E-state index contributed by atoms with van der Waals surface area (Å²) < 4.78 is 5.29. The van der Waals surface area contributed by atoms with Crippen LogP contribution in [0.25, 0.3) is 11.0 Å². The average molecular weight is 342 g/mol. The molecule has 134 valence electrons. The molecule has 1 aliphatic heterocycles. The Balaban J connectivity index is 1.57. The molecule has 0 aliphatic carbocycles. The van der Waals surface area contributed by atoms with Crippen LogP contribution < -0.4 is 10.6 Å². The number of ether oxygens (including phenoxy) is 1. The number of H-pyrrole nitrogens is 1. The van der Waals surface area contributed by atoms with Crippen LogP contribution in [-0.2, 0) is 4.74 Å². The molecule has 2 aromatic rings. The van der Waals surface area contributed by atoms with Crippen molar-refractivity contribution in [1.82, 2.24) is 20.6 Å². The number of carbonyl (C=O) groups is 1. The van der Waals surface area contributed by atoms with Gasteiger partial charge < -0.3 is 20.4 Å². The van der Waals surface area contributed by atoms with Gasteiger partial charge in [-0.05, 0) is 30.9 Å². The minimum absolute atomic E-state index is 0.158. The van der Waals surface area contributed by atoms with E-state index in [1.165, 1.54) is 5.57 Å². The Hall–Kier alpha value is -2.34. The zero-order valence-electron chi connectivity index (χ0n) is 14.8. The number of rotatable bonds is 6. The minimum Gasteiger partial charge on any atom is -0.377 e. The Labute approximate surface area is 148 Å². The van der Waals surface area contributed by atoms with Crippen LogP contribution in [0.2, 0.25) is 0 Å². The summed E-state index contributed by atoms with van der Waals surface area (Å²) in [5.41, 5.74) is 3.25. The lowest BCUT2D eigenvalue weighted by molar-refractivity contribution is 0.153. The Kier molecular flexibility index (Phi) is 5.71. The molecule has 2 heterocycles. The minimum atomic E-state index is -0.160. The molecule has 3 N–H and O–H groups in total. The van der Waals surface area contributed by atoms with Crippen LogP contribution >= 0.6 is 0 Å². The molecular weight excluding hydrogens is 316 g/mol. The molecule has 3 rings (SSSR count). The fourth-order valence-corrected chi connectivity index (χ4v) is 2.99. The average Bonchev–Trinajstić information content (AvgIpc) is 3.04. The number of carbonyl (C=O) groups excluding carboxylic acids is 1. The van der Waals surface area contributed by atoms with Crippen molar-refractivity contribution in [3.63, 3.8) is 0 Å². The third kappa shape index (κ3) is 4.60. The molecule has 1 aromatic heterocycles. The lowest BCUT2D eigenvalue weighted by Crippen LogP contribution is -2.40. The SMILES string of the molecule is CC(C)C(NC(=O)NCCC1=CCOCC1)c1nc2ccccc2[nH]1. The molecule has 6 nitrogen and oxygen atoms in total. The summed E-state index contributed by atoms with van der Waals surface area (Å²) in [7, 11) is 0. The Morgan fingerprint density at radius 3 is 2.92 bits per heavy atom. The van der Waals surface area contributed by atoms with Gasteiger partial charge in [-0.2, -0.15) is 0 Å². The molecule has 0 saturated carbocycles. The molecule has 6 heteroatoms. The van der Waals surface area contributed by atoms with Crippen molar-refractivity contribution in [2.75, 3.05) is 19.8 Å². The summed E-state index contributed by atoms with van der Waals surface area (Å²) in [5.74, 6) is 1.02. The summed E-state index contributed by atoms with van der Waals surface area (Å²) >= 11 is 0. The number of hydrogen-bond donors (Lipinski definition) is 3. The van der Waals surface area contributed by atoms with Crippen molar-refractivity contribution < 1.29 is 9.53 Å². The molecule has 1 unspecified atom stereocenters. The standard InChI is InChI=1S/C19H26N4O2/c1-13(2)17(18-21-15-5-3-4-6-16(15)22-18)23-19(24)20-10-7-14-8-11-25-12-9-14/h3-6,8,13,17H,7,9-12H2,1-2H3,(H,21,22)(H2,20,23,24). The van der Waals surface area contributed by atoms with Crippen molar-refractivity contribution in [3.05, 3.63) is 41.7 Å². The number of aromatic nitrogens is 2. The van der Waals surface area contributed by atoms with E-state index < -0.39 is 0 Å². The highest BCUT2D eigenvalue weighted by Crippen LogP contribution is 2.22. The summed E-state index contributed by atoms with van der Waals surface area (Å²) in [6.45, 7) is 6.24. The molecule has 0 bridgehead atoms. The van der Waals surface area contributed by atoms with E-state index in [4.69, 9.17) is 4.74 Å². The number of hydrogen-bond acceptors (Lipinski definition) is 3. The monoisotopic (exact) mass is 342 g/mol. The van der Waals surface area contributed by atoms with Crippen LogP contribution in [0.15, 0.2) is 35.9 Å². The maximum atomic E-state index is 12.3. The number of amides is 2. The molecular formula is C19H26N4O2. The van der Waals surface area contributed by atoms with Crippen molar-refractivity contribution in [3.8, 4) is 0 Å². The number of nitrogens with zero attached hydrogens (tertiary/aromatic N) is 1. The van der Waals surface area contributed by atoms with Crippen molar-refractivity contribution in [2.24, 2.45) is 5.92 Å². The lowest BCUT2D eigenvalue weighted by atomic mass is 10.0. The number of aromatic amines is 1. The van der Waals surface area contributed by atoms with Gasteiger partial charge in [-0.3, -0.25) is 0 Å². The number of imidazole rings is 1. The van der Waals surface area contributed by atoms with Gasteiger partial charge in [-0.1, -0.05) is 37.6 Å². The van der Waals surface area contributed by atoms with Gasteiger partial charge in [0.2, 0.25) is 0 Å². The fraction of sp³-hybridized carbons (Fsp3) is 0.474. The van der Waals surface area contributed by atoms with Crippen LogP contribution in [0, 0.1) is 5.92 Å². The normalized spacial score (nSPS) is 15.9. The smallest absolute Gasteiger partial charge is 0.315 e. The maximum Gasteiger partial charge on any atom is 0.315 e. The first-order valence-electron chi connectivity index (χ1n) is 8.88. The van der Waals surface area contributed by atoms with E-state index in [1.807, 2.05) is 24.3 Å². The third-order valence-electron chi connectivity index (χ3n) is 4.44. The van der Waals surface area contributed by atoms with E-state index in [-0.39, 0.29) is 18.0 Å². The quantitative estimate of drug-likeness (QED) is 0.705. The molecule has 0 fully saturated rings. The third-order valence-corrected chi connectivity index (χ3v) is 4.44. The van der Waals surface area contributed by atoms with Crippen LogP contribution in [0.5, 0.6) is 0 Å². The molecule has 25 heavy (non-hydrogen) atoms. The number of fused-ring (bicyclic) bond motifs is 1. The Morgan fingerprint density at radius 2 is 2.20 bits per heavy atom. The van der Waals surface area contributed by atoms with Crippen LogP contribution in [0.1, 0.15) is 38.6 Å². The summed E-state index contributed by atoms with van der Waals surface area (Å²) in [5, 5.41) is 5.99.